The maximum Gasteiger partial charge on any atom is 0.310 e. The molecule has 0 spiro atoms. The Bertz CT molecular complexity index is 371. The van der Waals surface area contributed by atoms with Gasteiger partial charge in [-0.1, -0.05) is 0 Å². The lowest BCUT2D eigenvalue weighted by Gasteiger charge is -2.07. The average molecular weight is 280 g/mol. The van der Waals surface area contributed by atoms with Gasteiger partial charge < -0.3 is 4.74 Å². The molecule has 0 fully saturated rings. The molecular formula is C9H8BrF2NO2. The average Bonchev–Trinajstić information content (AvgIpc) is 2.20. The largest absolute Gasteiger partial charge is 0.469 e. The quantitative estimate of drug-likeness (QED) is 0.798. The molecule has 0 aromatic carbocycles. The minimum absolute atomic E-state index is 0.0787. The molecule has 0 aliphatic rings. The van der Waals surface area contributed by atoms with Gasteiger partial charge in [-0.05, 0) is 21.5 Å². The maximum atomic E-state index is 12.4. The molecule has 0 radical (unpaired) electrons. The van der Waals surface area contributed by atoms with Gasteiger partial charge in [0, 0.05) is 16.9 Å². The maximum absolute atomic E-state index is 12.4. The van der Waals surface area contributed by atoms with Gasteiger partial charge in [-0.2, -0.15) is 0 Å². The molecule has 0 aliphatic heterocycles. The van der Waals surface area contributed by atoms with Gasteiger partial charge >= 0.3 is 5.97 Å². The number of hydrogen-bond acceptors (Lipinski definition) is 3. The van der Waals surface area contributed by atoms with E-state index in [1.54, 1.807) is 0 Å². The minimum Gasteiger partial charge on any atom is -0.469 e. The first-order valence-electron chi connectivity index (χ1n) is 4.03. The van der Waals surface area contributed by atoms with Crippen molar-refractivity contribution in [3.8, 4) is 0 Å². The lowest BCUT2D eigenvalue weighted by molar-refractivity contribution is -0.139. The van der Waals surface area contributed by atoms with E-state index in [4.69, 9.17) is 0 Å². The fraction of sp³-hybridized carbons (Fsp3) is 0.333. The van der Waals surface area contributed by atoms with Crippen molar-refractivity contribution in [1.82, 2.24) is 4.98 Å². The molecule has 0 unspecified atom stereocenters. The normalized spacial score (nSPS) is 10.5. The molecule has 1 aromatic rings. The summed E-state index contributed by atoms with van der Waals surface area (Å²) >= 11 is 3.01. The zero-order valence-electron chi connectivity index (χ0n) is 7.84. The Morgan fingerprint density at radius 3 is 2.80 bits per heavy atom. The number of methoxy groups -OCH3 is 1. The molecule has 3 nitrogen and oxygen atoms in total. The minimum atomic E-state index is -2.62. The Morgan fingerprint density at radius 2 is 2.27 bits per heavy atom. The number of carbonyl (C=O) groups is 1. The Labute approximate surface area is 93.6 Å². The highest BCUT2D eigenvalue weighted by molar-refractivity contribution is 9.10. The standard InChI is InChI=1S/C9H8BrF2NO2/c1-15-7(14)2-5-3-13-4-6(8(5)10)9(11)12/h3-4,9H,2H2,1H3. The molecule has 6 heteroatoms. The second kappa shape index (κ2) is 5.16. The van der Waals surface area contributed by atoms with Crippen molar-refractivity contribution in [3.63, 3.8) is 0 Å². The van der Waals surface area contributed by atoms with Gasteiger partial charge in [0.15, 0.2) is 0 Å². The van der Waals surface area contributed by atoms with Crippen LogP contribution in [0.15, 0.2) is 16.9 Å². The summed E-state index contributed by atoms with van der Waals surface area (Å²) in [6, 6.07) is 0. The molecule has 0 amide bonds. The second-order valence-electron chi connectivity index (χ2n) is 2.76. The van der Waals surface area contributed by atoms with Crippen LogP contribution in [0.3, 0.4) is 0 Å². The lowest BCUT2D eigenvalue weighted by Crippen LogP contribution is -2.06. The number of alkyl halides is 2. The van der Waals surface area contributed by atoms with E-state index >= 15 is 0 Å². The molecule has 82 valence electrons. The Kier molecular flexibility index (Phi) is 4.14. The number of pyridine rings is 1. The van der Waals surface area contributed by atoms with Crippen LogP contribution in [0.5, 0.6) is 0 Å². The van der Waals surface area contributed by atoms with Crippen LogP contribution >= 0.6 is 15.9 Å². The smallest absolute Gasteiger partial charge is 0.310 e. The van der Waals surface area contributed by atoms with Crippen LogP contribution in [-0.4, -0.2) is 18.1 Å². The summed E-state index contributed by atoms with van der Waals surface area (Å²) in [6.45, 7) is 0. The first kappa shape index (κ1) is 12.0. The van der Waals surface area contributed by atoms with E-state index in [1.807, 2.05) is 0 Å². The predicted octanol–water partition coefficient (Wildman–Crippen LogP) is 2.50. The van der Waals surface area contributed by atoms with Gasteiger partial charge in [0.25, 0.3) is 6.43 Å². The van der Waals surface area contributed by atoms with Crippen molar-refractivity contribution in [2.45, 2.75) is 12.8 Å². The zero-order valence-corrected chi connectivity index (χ0v) is 9.42. The third kappa shape index (κ3) is 2.95. The summed E-state index contributed by atoms with van der Waals surface area (Å²) in [5.41, 5.74) is 0.163. The van der Waals surface area contributed by atoms with E-state index in [1.165, 1.54) is 13.3 Å². The monoisotopic (exact) mass is 279 g/mol. The van der Waals surface area contributed by atoms with Crippen LogP contribution in [0.2, 0.25) is 0 Å². The van der Waals surface area contributed by atoms with Crippen LogP contribution in [-0.2, 0) is 16.0 Å². The van der Waals surface area contributed by atoms with Gasteiger partial charge in [-0.3, -0.25) is 9.78 Å². The number of hydrogen-bond donors (Lipinski definition) is 0. The van der Waals surface area contributed by atoms with E-state index in [0.717, 1.165) is 6.20 Å². The first-order chi connectivity index (χ1) is 7.06. The van der Waals surface area contributed by atoms with Gasteiger partial charge in [-0.25, -0.2) is 8.78 Å². The predicted molar refractivity (Wildman–Crippen MR) is 52.6 cm³/mol. The van der Waals surface area contributed by atoms with E-state index in [0.29, 0.717) is 5.56 Å². The summed E-state index contributed by atoms with van der Waals surface area (Å²) in [5.74, 6) is -0.496. The van der Waals surface area contributed by atoms with Crippen molar-refractivity contribution in [1.29, 1.82) is 0 Å². The zero-order chi connectivity index (χ0) is 11.4. The van der Waals surface area contributed by atoms with Crippen molar-refractivity contribution in [3.05, 3.63) is 28.0 Å². The Hall–Kier alpha value is -1.04. The van der Waals surface area contributed by atoms with Crippen molar-refractivity contribution < 1.29 is 18.3 Å². The molecule has 1 aromatic heterocycles. The highest BCUT2D eigenvalue weighted by atomic mass is 79.9. The van der Waals surface area contributed by atoms with E-state index in [2.05, 4.69) is 25.7 Å². The molecule has 0 atom stereocenters. The summed E-state index contributed by atoms with van der Waals surface area (Å²) in [7, 11) is 1.24. The van der Waals surface area contributed by atoms with E-state index in [9.17, 15) is 13.6 Å². The van der Waals surface area contributed by atoms with Crippen molar-refractivity contribution >= 4 is 21.9 Å². The van der Waals surface area contributed by atoms with Gasteiger partial charge in [0.05, 0.1) is 19.1 Å². The molecule has 0 N–H and O–H groups in total. The number of carbonyl (C=O) groups excluding carboxylic acids is 1. The van der Waals surface area contributed by atoms with E-state index < -0.39 is 12.4 Å². The SMILES string of the molecule is COC(=O)Cc1cncc(C(F)F)c1Br. The van der Waals surface area contributed by atoms with E-state index in [-0.39, 0.29) is 16.5 Å². The number of rotatable bonds is 3. The van der Waals surface area contributed by atoms with Gasteiger partial charge in [-0.15, -0.1) is 0 Å². The van der Waals surface area contributed by atoms with Gasteiger partial charge in [0.1, 0.15) is 0 Å². The van der Waals surface area contributed by atoms with Crippen LogP contribution in [0.4, 0.5) is 8.78 Å². The Morgan fingerprint density at radius 1 is 1.60 bits per heavy atom. The number of esters is 1. The first-order valence-corrected chi connectivity index (χ1v) is 4.82. The number of nitrogens with zero attached hydrogens (tertiary/aromatic N) is 1. The molecule has 0 bridgehead atoms. The number of halogens is 3. The van der Waals surface area contributed by atoms with Crippen molar-refractivity contribution in [2.24, 2.45) is 0 Å². The molecule has 0 aliphatic carbocycles. The third-order valence-electron chi connectivity index (χ3n) is 1.78. The van der Waals surface area contributed by atoms with Crippen LogP contribution in [0.1, 0.15) is 17.6 Å². The molecule has 1 heterocycles. The van der Waals surface area contributed by atoms with Crippen LogP contribution < -0.4 is 0 Å². The Balaban J connectivity index is 2.99. The summed E-state index contributed by atoms with van der Waals surface area (Å²) < 4.78 is 29.5. The summed E-state index contributed by atoms with van der Waals surface area (Å²) in [5, 5.41) is 0. The summed E-state index contributed by atoms with van der Waals surface area (Å²) in [6.07, 6.45) is -0.281. The molecule has 0 saturated heterocycles. The number of aromatic nitrogens is 1. The third-order valence-corrected chi connectivity index (χ3v) is 2.74. The molecule has 0 saturated carbocycles. The van der Waals surface area contributed by atoms with Crippen LogP contribution in [0, 0.1) is 0 Å². The van der Waals surface area contributed by atoms with Crippen LogP contribution in [0.25, 0.3) is 0 Å². The lowest BCUT2D eigenvalue weighted by atomic mass is 10.1. The van der Waals surface area contributed by atoms with Crippen molar-refractivity contribution in [2.75, 3.05) is 7.11 Å². The second-order valence-corrected chi connectivity index (χ2v) is 3.55. The molecular weight excluding hydrogens is 272 g/mol. The van der Waals surface area contributed by atoms with Gasteiger partial charge in [0.2, 0.25) is 0 Å². The molecule has 15 heavy (non-hydrogen) atoms. The fourth-order valence-electron chi connectivity index (χ4n) is 1.01. The highest BCUT2D eigenvalue weighted by Gasteiger charge is 2.16. The summed E-state index contributed by atoms with van der Waals surface area (Å²) in [4.78, 5) is 14.6. The number of ether oxygens (including phenoxy) is 1. The highest BCUT2D eigenvalue weighted by Crippen LogP contribution is 2.29. The fourth-order valence-corrected chi connectivity index (χ4v) is 1.53. The topological polar surface area (TPSA) is 39.2 Å². The molecule has 1 rings (SSSR count).